The van der Waals surface area contributed by atoms with Gasteiger partial charge in [-0.1, -0.05) is 0 Å². The Hall–Kier alpha value is -2.45. The number of nitrogens with zero attached hydrogens (tertiary/aromatic N) is 2. The van der Waals surface area contributed by atoms with Crippen molar-refractivity contribution in [3.63, 3.8) is 0 Å². The van der Waals surface area contributed by atoms with Crippen molar-refractivity contribution in [1.82, 2.24) is 9.88 Å². The third-order valence-corrected chi connectivity index (χ3v) is 6.67. The number of ether oxygens (including phenoxy) is 2. The SMILES string of the molecule is COC(=O)c1ccc(O[C@@H]2C[C@@H]3CN(C(=O)c4cnc(C)s4)C[C@@H]3C[C@H]2O)cc1. The minimum atomic E-state index is -0.586. The van der Waals surface area contributed by atoms with E-state index in [1.165, 1.54) is 18.4 Å². The molecule has 2 heterocycles. The van der Waals surface area contributed by atoms with Crippen molar-refractivity contribution in [1.29, 1.82) is 0 Å². The van der Waals surface area contributed by atoms with Crippen LogP contribution in [0, 0.1) is 18.8 Å². The second-order valence-electron chi connectivity index (χ2n) is 7.68. The van der Waals surface area contributed by atoms with Gasteiger partial charge < -0.3 is 19.5 Å². The molecule has 154 valence electrons. The van der Waals surface area contributed by atoms with Gasteiger partial charge in [0.1, 0.15) is 16.7 Å². The number of hydrogen-bond acceptors (Lipinski definition) is 7. The number of carbonyl (C=O) groups is 2. The van der Waals surface area contributed by atoms with Crippen LogP contribution < -0.4 is 4.74 Å². The number of aromatic nitrogens is 1. The van der Waals surface area contributed by atoms with Crippen LogP contribution in [0.25, 0.3) is 0 Å². The molecule has 1 aromatic heterocycles. The fourth-order valence-corrected chi connectivity index (χ4v) is 5.01. The van der Waals surface area contributed by atoms with Crippen LogP contribution >= 0.6 is 11.3 Å². The van der Waals surface area contributed by atoms with Gasteiger partial charge >= 0.3 is 5.97 Å². The number of esters is 1. The van der Waals surface area contributed by atoms with E-state index in [0.29, 0.717) is 48.0 Å². The predicted molar refractivity (Wildman–Crippen MR) is 107 cm³/mol. The molecule has 1 aliphatic carbocycles. The number of aliphatic hydroxyl groups excluding tert-OH is 1. The summed E-state index contributed by atoms with van der Waals surface area (Å²) in [6.45, 7) is 3.23. The van der Waals surface area contributed by atoms with Crippen LogP contribution in [0.1, 0.15) is 37.9 Å². The summed E-state index contributed by atoms with van der Waals surface area (Å²) in [5.41, 5.74) is 0.451. The van der Waals surface area contributed by atoms with E-state index < -0.39 is 12.1 Å². The molecule has 0 radical (unpaired) electrons. The molecule has 0 bridgehead atoms. The zero-order valence-corrected chi connectivity index (χ0v) is 17.2. The Morgan fingerprint density at radius 3 is 2.48 bits per heavy atom. The normalized spacial score (nSPS) is 26.1. The number of hydrogen-bond donors (Lipinski definition) is 1. The van der Waals surface area contributed by atoms with Gasteiger partial charge in [0.15, 0.2) is 0 Å². The van der Waals surface area contributed by atoms with E-state index in [2.05, 4.69) is 4.98 Å². The van der Waals surface area contributed by atoms with Crippen molar-refractivity contribution in [2.75, 3.05) is 20.2 Å². The fraction of sp³-hybridized carbons (Fsp3) is 0.476. The molecule has 1 saturated heterocycles. The highest BCUT2D eigenvalue weighted by Crippen LogP contribution is 2.38. The van der Waals surface area contributed by atoms with E-state index in [1.807, 2.05) is 11.8 Å². The van der Waals surface area contributed by atoms with E-state index in [-0.39, 0.29) is 17.9 Å². The number of aryl methyl sites for hydroxylation is 1. The van der Waals surface area contributed by atoms with Crippen molar-refractivity contribution in [2.45, 2.75) is 32.0 Å². The van der Waals surface area contributed by atoms with Gasteiger partial charge in [-0.2, -0.15) is 0 Å². The molecular formula is C21H24N2O5S. The lowest BCUT2D eigenvalue weighted by Crippen LogP contribution is -2.42. The number of likely N-dealkylation sites (tertiary alicyclic amines) is 1. The first kappa shape index (κ1) is 19.8. The number of aliphatic hydroxyl groups is 1. The van der Waals surface area contributed by atoms with Crippen LogP contribution in [0.15, 0.2) is 30.5 Å². The number of benzene rings is 1. The number of rotatable bonds is 4. The largest absolute Gasteiger partial charge is 0.488 e. The van der Waals surface area contributed by atoms with E-state index in [0.717, 1.165) is 5.01 Å². The second-order valence-corrected chi connectivity index (χ2v) is 8.92. The zero-order valence-electron chi connectivity index (χ0n) is 16.4. The molecular weight excluding hydrogens is 392 g/mol. The molecule has 1 amide bonds. The quantitative estimate of drug-likeness (QED) is 0.771. The smallest absolute Gasteiger partial charge is 0.337 e. The van der Waals surface area contributed by atoms with Gasteiger partial charge in [-0.3, -0.25) is 4.79 Å². The van der Waals surface area contributed by atoms with Crippen LogP contribution in [0.3, 0.4) is 0 Å². The molecule has 2 fully saturated rings. The van der Waals surface area contributed by atoms with Gasteiger partial charge in [0.25, 0.3) is 5.91 Å². The van der Waals surface area contributed by atoms with Crippen molar-refractivity contribution >= 4 is 23.2 Å². The van der Waals surface area contributed by atoms with Crippen LogP contribution in [-0.2, 0) is 4.74 Å². The van der Waals surface area contributed by atoms with Crippen molar-refractivity contribution in [2.24, 2.45) is 11.8 Å². The number of carbonyl (C=O) groups excluding carboxylic acids is 2. The Morgan fingerprint density at radius 2 is 1.86 bits per heavy atom. The van der Waals surface area contributed by atoms with Crippen LogP contribution in [0.2, 0.25) is 0 Å². The third kappa shape index (κ3) is 4.13. The molecule has 0 unspecified atom stereocenters. The Labute approximate surface area is 173 Å². The predicted octanol–water partition coefficient (Wildman–Crippen LogP) is 2.53. The Bertz CT molecular complexity index is 897. The standard InChI is InChI=1S/C21H24N2O5S/c1-12-22-9-19(29-12)20(25)23-10-14-7-17(24)18(8-15(14)11-23)28-16-5-3-13(4-6-16)21(26)27-2/h3-6,9,14-15,17-18,24H,7-8,10-11H2,1-2H3/t14-,15+,17+,18+/m0/s1. The molecule has 1 N–H and O–H groups in total. The van der Waals surface area contributed by atoms with Crippen molar-refractivity contribution in [3.05, 3.63) is 45.9 Å². The average molecular weight is 416 g/mol. The first-order valence-electron chi connectivity index (χ1n) is 9.69. The summed E-state index contributed by atoms with van der Waals surface area (Å²) in [6.07, 6.45) is 2.03. The summed E-state index contributed by atoms with van der Waals surface area (Å²) in [5.74, 6) is 0.811. The molecule has 0 spiro atoms. The van der Waals surface area contributed by atoms with E-state index >= 15 is 0 Å². The number of methoxy groups -OCH3 is 1. The molecule has 2 aromatic rings. The molecule has 1 aromatic carbocycles. The summed E-state index contributed by atoms with van der Waals surface area (Å²) in [4.78, 5) is 31.0. The molecule has 8 heteroatoms. The summed E-state index contributed by atoms with van der Waals surface area (Å²) < 4.78 is 10.7. The van der Waals surface area contributed by atoms with Gasteiger partial charge in [0.05, 0.1) is 30.0 Å². The maximum absolute atomic E-state index is 12.7. The van der Waals surface area contributed by atoms with Gasteiger partial charge in [-0.15, -0.1) is 11.3 Å². The molecule has 1 aliphatic heterocycles. The molecule has 4 atom stereocenters. The van der Waals surface area contributed by atoms with Crippen molar-refractivity contribution in [3.8, 4) is 5.75 Å². The second kappa shape index (κ2) is 8.12. The molecule has 7 nitrogen and oxygen atoms in total. The zero-order chi connectivity index (χ0) is 20.5. The highest BCUT2D eigenvalue weighted by Gasteiger charge is 2.44. The summed E-state index contributed by atoms with van der Waals surface area (Å²) >= 11 is 1.41. The number of amides is 1. The van der Waals surface area contributed by atoms with Gasteiger partial charge in [0.2, 0.25) is 0 Å². The third-order valence-electron chi connectivity index (χ3n) is 5.77. The van der Waals surface area contributed by atoms with Gasteiger partial charge in [-0.25, -0.2) is 9.78 Å². The maximum atomic E-state index is 12.7. The summed E-state index contributed by atoms with van der Waals surface area (Å²) in [6, 6.07) is 6.71. The molecule has 1 saturated carbocycles. The minimum Gasteiger partial charge on any atom is -0.488 e. The first-order valence-corrected chi connectivity index (χ1v) is 10.5. The lowest BCUT2D eigenvalue weighted by Gasteiger charge is -2.35. The molecule has 2 aliphatic rings. The lowest BCUT2D eigenvalue weighted by molar-refractivity contribution is -0.0231. The Morgan fingerprint density at radius 1 is 1.17 bits per heavy atom. The van der Waals surface area contributed by atoms with Crippen LogP contribution in [0.5, 0.6) is 5.75 Å². The topological polar surface area (TPSA) is 89.0 Å². The first-order chi connectivity index (χ1) is 13.9. The Balaban J connectivity index is 1.39. The van der Waals surface area contributed by atoms with E-state index in [1.54, 1.807) is 30.5 Å². The summed E-state index contributed by atoms with van der Waals surface area (Å²) in [5, 5.41) is 11.5. The van der Waals surface area contributed by atoms with E-state index in [4.69, 9.17) is 9.47 Å². The van der Waals surface area contributed by atoms with Crippen LogP contribution in [0.4, 0.5) is 0 Å². The highest BCUT2D eigenvalue weighted by molar-refractivity contribution is 7.13. The fourth-order valence-electron chi connectivity index (χ4n) is 4.26. The van der Waals surface area contributed by atoms with Gasteiger partial charge in [0, 0.05) is 13.1 Å². The van der Waals surface area contributed by atoms with Gasteiger partial charge in [-0.05, 0) is 55.9 Å². The van der Waals surface area contributed by atoms with Crippen LogP contribution in [-0.4, -0.2) is 59.3 Å². The number of thiazole rings is 1. The molecule has 29 heavy (non-hydrogen) atoms. The Kier molecular flexibility index (Phi) is 5.56. The minimum absolute atomic E-state index is 0.0235. The monoisotopic (exact) mass is 416 g/mol. The number of fused-ring (bicyclic) bond motifs is 1. The average Bonchev–Trinajstić information content (AvgIpc) is 3.33. The summed E-state index contributed by atoms with van der Waals surface area (Å²) in [7, 11) is 1.34. The maximum Gasteiger partial charge on any atom is 0.337 e. The lowest BCUT2D eigenvalue weighted by atomic mass is 9.78. The molecule has 4 rings (SSSR count). The van der Waals surface area contributed by atoms with Crippen molar-refractivity contribution < 1.29 is 24.2 Å². The van der Waals surface area contributed by atoms with E-state index in [9.17, 15) is 14.7 Å². The highest BCUT2D eigenvalue weighted by atomic mass is 32.1.